The largest absolute Gasteiger partial charge is 0.433 e. The zero-order valence-corrected chi connectivity index (χ0v) is 12.2. The van der Waals surface area contributed by atoms with Gasteiger partial charge in [-0.2, -0.15) is 13.2 Å². The van der Waals surface area contributed by atoms with Gasteiger partial charge in [0.1, 0.15) is 11.5 Å². The third-order valence-corrected chi connectivity index (χ3v) is 3.93. The van der Waals surface area contributed by atoms with E-state index in [0.29, 0.717) is 5.92 Å². The van der Waals surface area contributed by atoms with Crippen molar-refractivity contribution in [2.45, 2.75) is 26.1 Å². The van der Waals surface area contributed by atoms with Crippen LogP contribution in [0.5, 0.6) is 0 Å². The highest BCUT2D eigenvalue weighted by molar-refractivity contribution is 5.47. The van der Waals surface area contributed by atoms with Crippen molar-refractivity contribution in [2.75, 3.05) is 18.0 Å². The minimum absolute atomic E-state index is 0.488. The third-order valence-electron chi connectivity index (χ3n) is 3.93. The number of nitrogens with zero attached hydrogens (tertiary/aromatic N) is 4. The molecule has 1 fully saturated rings. The summed E-state index contributed by atoms with van der Waals surface area (Å²) in [6.07, 6.45) is 1.59. The summed E-state index contributed by atoms with van der Waals surface area (Å²) in [5.74, 6) is 1.55. The molecule has 0 radical (unpaired) electrons. The lowest BCUT2D eigenvalue weighted by molar-refractivity contribution is -0.141. The number of anilines is 1. The van der Waals surface area contributed by atoms with E-state index in [1.165, 1.54) is 12.3 Å². The van der Waals surface area contributed by atoms with Gasteiger partial charge in [-0.1, -0.05) is 6.92 Å². The summed E-state index contributed by atoms with van der Waals surface area (Å²) in [6, 6.07) is 2.52. The number of imidazole rings is 1. The van der Waals surface area contributed by atoms with Gasteiger partial charge < -0.3 is 9.47 Å². The molecule has 2 aromatic heterocycles. The Morgan fingerprint density at radius 2 is 2.00 bits per heavy atom. The average Bonchev–Trinajstić information content (AvgIpc) is 2.89. The van der Waals surface area contributed by atoms with Crippen molar-refractivity contribution in [3.05, 3.63) is 42.2 Å². The van der Waals surface area contributed by atoms with Crippen LogP contribution in [0.15, 0.2) is 30.7 Å². The Morgan fingerprint density at radius 1 is 1.23 bits per heavy atom. The third kappa shape index (κ3) is 2.93. The Hall–Kier alpha value is -2.05. The second-order valence-corrected chi connectivity index (χ2v) is 5.52. The number of alkyl halides is 3. The van der Waals surface area contributed by atoms with E-state index in [1.54, 1.807) is 6.20 Å². The number of halogens is 3. The van der Waals surface area contributed by atoms with Crippen LogP contribution in [0.4, 0.5) is 18.9 Å². The Labute approximate surface area is 126 Å². The summed E-state index contributed by atoms with van der Waals surface area (Å²) in [4.78, 5) is 9.83. The van der Waals surface area contributed by atoms with E-state index in [-0.39, 0.29) is 0 Å². The van der Waals surface area contributed by atoms with Gasteiger partial charge >= 0.3 is 6.18 Å². The smallest absolute Gasteiger partial charge is 0.369 e. The van der Waals surface area contributed by atoms with Crippen LogP contribution in [-0.4, -0.2) is 27.6 Å². The van der Waals surface area contributed by atoms with E-state index in [1.807, 2.05) is 11.1 Å². The summed E-state index contributed by atoms with van der Waals surface area (Å²) in [5, 5.41) is 0. The fourth-order valence-electron chi connectivity index (χ4n) is 2.74. The Balaban J connectivity index is 1.57. The molecular weight excluding hydrogens is 293 g/mol. The first-order chi connectivity index (χ1) is 10.5. The molecule has 1 aliphatic heterocycles. The van der Waals surface area contributed by atoms with Crippen LogP contribution in [-0.2, 0) is 19.1 Å². The highest BCUT2D eigenvalue weighted by Crippen LogP contribution is 2.30. The van der Waals surface area contributed by atoms with E-state index >= 15 is 0 Å². The zero-order chi connectivity index (χ0) is 15.7. The number of aromatic nitrogens is 3. The summed E-state index contributed by atoms with van der Waals surface area (Å²) in [6.45, 7) is 4.62. The molecule has 0 aliphatic carbocycles. The van der Waals surface area contributed by atoms with Gasteiger partial charge in [0, 0.05) is 44.4 Å². The van der Waals surface area contributed by atoms with Crippen LogP contribution in [0.1, 0.15) is 18.4 Å². The molecule has 2 aromatic rings. The highest BCUT2D eigenvalue weighted by Gasteiger charge is 2.33. The number of pyridine rings is 1. The fraction of sp³-hybridized carbons (Fsp3) is 0.467. The van der Waals surface area contributed by atoms with Gasteiger partial charge in [-0.05, 0) is 12.1 Å². The SMILES string of the molecule is CCc1nccn1CC1CN(c2ccc(C(F)(F)F)nc2)C1. The van der Waals surface area contributed by atoms with Crippen molar-refractivity contribution in [2.24, 2.45) is 5.92 Å². The van der Waals surface area contributed by atoms with E-state index in [0.717, 1.165) is 43.6 Å². The first-order valence-corrected chi connectivity index (χ1v) is 7.25. The maximum atomic E-state index is 12.5. The van der Waals surface area contributed by atoms with Gasteiger partial charge in [0.25, 0.3) is 0 Å². The van der Waals surface area contributed by atoms with Crippen LogP contribution in [0.25, 0.3) is 0 Å². The van der Waals surface area contributed by atoms with Gasteiger partial charge in [0.15, 0.2) is 0 Å². The molecule has 1 saturated heterocycles. The van der Waals surface area contributed by atoms with E-state index in [9.17, 15) is 13.2 Å². The second-order valence-electron chi connectivity index (χ2n) is 5.52. The number of hydrogen-bond acceptors (Lipinski definition) is 3. The van der Waals surface area contributed by atoms with Crippen LogP contribution >= 0.6 is 0 Å². The molecular formula is C15H17F3N4. The van der Waals surface area contributed by atoms with Crippen molar-refractivity contribution in [1.29, 1.82) is 0 Å². The summed E-state index contributed by atoms with van der Waals surface area (Å²) < 4.78 is 39.6. The van der Waals surface area contributed by atoms with Gasteiger partial charge in [0.05, 0.1) is 11.9 Å². The Morgan fingerprint density at radius 3 is 2.59 bits per heavy atom. The molecule has 0 N–H and O–H groups in total. The van der Waals surface area contributed by atoms with E-state index in [2.05, 4.69) is 21.5 Å². The number of aryl methyl sites for hydroxylation is 1. The lowest BCUT2D eigenvalue weighted by Crippen LogP contribution is -2.48. The minimum atomic E-state index is -4.38. The summed E-state index contributed by atoms with van der Waals surface area (Å²) in [7, 11) is 0. The van der Waals surface area contributed by atoms with Crippen molar-refractivity contribution < 1.29 is 13.2 Å². The molecule has 0 unspecified atom stereocenters. The van der Waals surface area contributed by atoms with Crippen molar-refractivity contribution in [1.82, 2.24) is 14.5 Å². The first-order valence-electron chi connectivity index (χ1n) is 7.25. The Kier molecular flexibility index (Phi) is 3.80. The second kappa shape index (κ2) is 5.62. The van der Waals surface area contributed by atoms with Crippen LogP contribution in [0.2, 0.25) is 0 Å². The van der Waals surface area contributed by atoms with Crippen molar-refractivity contribution in [3.63, 3.8) is 0 Å². The zero-order valence-electron chi connectivity index (χ0n) is 12.2. The molecule has 0 amide bonds. The highest BCUT2D eigenvalue weighted by atomic mass is 19.4. The van der Waals surface area contributed by atoms with Crippen LogP contribution < -0.4 is 4.90 Å². The van der Waals surface area contributed by atoms with Gasteiger partial charge in [-0.15, -0.1) is 0 Å². The van der Waals surface area contributed by atoms with Crippen LogP contribution in [0.3, 0.4) is 0 Å². The maximum Gasteiger partial charge on any atom is 0.433 e. The van der Waals surface area contributed by atoms with Gasteiger partial charge in [-0.25, -0.2) is 9.97 Å². The lowest BCUT2D eigenvalue weighted by atomic mass is 9.99. The average molecular weight is 310 g/mol. The molecule has 0 aromatic carbocycles. The lowest BCUT2D eigenvalue weighted by Gasteiger charge is -2.41. The standard InChI is InChI=1S/C15H17F3N4/c1-2-14-19-5-6-21(14)8-11-9-22(10-11)12-3-4-13(20-7-12)15(16,17)18/h3-7,11H,2,8-10H2,1H3. The van der Waals surface area contributed by atoms with Crippen molar-refractivity contribution in [3.8, 4) is 0 Å². The molecule has 0 bridgehead atoms. The summed E-state index contributed by atoms with van der Waals surface area (Å²) in [5.41, 5.74) is -0.107. The van der Waals surface area contributed by atoms with Gasteiger partial charge in [0.2, 0.25) is 0 Å². The normalized spacial score (nSPS) is 15.9. The number of hydrogen-bond donors (Lipinski definition) is 0. The molecule has 7 heteroatoms. The van der Waals surface area contributed by atoms with E-state index < -0.39 is 11.9 Å². The monoisotopic (exact) mass is 310 g/mol. The predicted molar refractivity (Wildman–Crippen MR) is 76.5 cm³/mol. The van der Waals surface area contributed by atoms with Gasteiger partial charge in [-0.3, -0.25) is 0 Å². The molecule has 0 spiro atoms. The molecule has 22 heavy (non-hydrogen) atoms. The predicted octanol–water partition coefficient (Wildman–Crippen LogP) is 3.00. The fourth-order valence-corrected chi connectivity index (χ4v) is 2.74. The quantitative estimate of drug-likeness (QED) is 0.870. The molecule has 4 nitrogen and oxygen atoms in total. The van der Waals surface area contributed by atoms with E-state index in [4.69, 9.17) is 0 Å². The molecule has 3 heterocycles. The Bertz CT molecular complexity index is 627. The molecule has 118 valence electrons. The minimum Gasteiger partial charge on any atom is -0.369 e. The first kappa shape index (κ1) is 14.9. The molecule has 0 saturated carbocycles. The molecule has 1 aliphatic rings. The maximum absolute atomic E-state index is 12.5. The molecule has 0 atom stereocenters. The van der Waals surface area contributed by atoms with Crippen LogP contribution in [0, 0.1) is 5.92 Å². The number of rotatable bonds is 4. The topological polar surface area (TPSA) is 34.0 Å². The summed E-state index contributed by atoms with van der Waals surface area (Å²) >= 11 is 0. The molecule has 3 rings (SSSR count). The van der Waals surface area contributed by atoms with Crippen molar-refractivity contribution >= 4 is 5.69 Å².